The molecule has 9 heteroatoms. The van der Waals surface area contributed by atoms with Crippen LogP contribution in [0.25, 0.3) is 10.2 Å². The summed E-state index contributed by atoms with van der Waals surface area (Å²) >= 11 is 2.79. The Bertz CT molecular complexity index is 857. The van der Waals surface area contributed by atoms with E-state index in [1.807, 2.05) is 24.3 Å². The highest BCUT2D eigenvalue weighted by Gasteiger charge is 2.09. The first kappa shape index (κ1) is 17.4. The molecule has 0 aliphatic heterocycles. The van der Waals surface area contributed by atoms with Crippen LogP contribution in [0.3, 0.4) is 0 Å². The van der Waals surface area contributed by atoms with Gasteiger partial charge in [-0.2, -0.15) is 0 Å². The largest absolute Gasteiger partial charge is 0.360 e. The molecule has 7 nitrogen and oxygen atoms in total. The van der Waals surface area contributed by atoms with Crippen LogP contribution in [-0.4, -0.2) is 33.5 Å². The highest BCUT2D eigenvalue weighted by Crippen LogP contribution is 2.21. The Morgan fingerprint density at radius 3 is 2.80 bits per heavy atom. The summed E-state index contributed by atoms with van der Waals surface area (Å²) < 4.78 is 5.96. The highest BCUT2D eigenvalue weighted by molar-refractivity contribution is 8.00. The Balaban J connectivity index is 1.37. The van der Waals surface area contributed by atoms with Crippen molar-refractivity contribution < 1.29 is 14.1 Å². The normalized spacial score (nSPS) is 10.8. The average Bonchev–Trinajstić information content (AvgIpc) is 3.18. The predicted molar refractivity (Wildman–Crippen MR) is 98.7 cm³/mol. The van der Waals surface area contributed by atoms with E-state index >= 15 is 0 Å². The summed E-state index contributed by atoms with van der Waals surface area (Å²) in [5, 5.41) is 9.96. The number of anilines is 1. The minimum Gasteiger partial charge on any atom is -0.360 e. The first-order chi connectivity index (χ1) is 12.1. The van der Waals surface area contributed by atoms with Crippen LogP contribution < -0.4 is 10.6 Å². The minimum absolute atomic E-state index is 0.130. The van der Waals surface area contributed by atoms with Gasteiger partial charge >= 0.3 is 0 Å². The lowest BCUT2D eigenvalue weighted by molar-refractivity contribution is -0.118. The Labute approximate surface area is 152 Å². The molecule has 0 spiro atoms. The van der Waals surface area contributed by atoms with E-state index in [9.17, 15) is 9.59 Å². The SMILES string of the molecule is Cc1cc(NC(=O)CSCC(=O)NCc2nc3ccccc3s2)no1. The molecule has 1 aromatic carbocycles. The van der Waals surface area contributed by atoms with Crippen LogP contribution in [0.15, 0.2) is 34.9 Å². The maximum Gasteiger partial charge on any atom is 0.235 e. The molecule has 2 heterocycles. The number of aryl methyl sites for hydroxylation is 1. The number of aromatic nitrogens is 2. The number of rotatable bonds is 7. The lowest BCUT2D eigenvalue weighted by Crippen LogP contribution is -2.25. The summed E-state index contributed by atoms with van der Waals surface area (Å²) in [6, 6.07) is 9.48. The number of nitrogens with one attached hydrogen (secondary N) is 2. The predicted octanol–water partition coefficient (Wildman–Crippen LogP) is 2.58. The van der Waals surface area contributed by atoms with Crippen molar-refractivity contribution in [3.05, 3.63) is 41.1 Å². The molecule has 0 aliphatic rings. The lowest BCUT2D eigenvalue weighted by atomic mass is 10.3. The maximum absolute atomic E-state index is 11.9. The van der Waals surface area contributed by atoms with E-state index in [2.05, 4.69) is 20.8 Å². The van der Waals surface area contributed by atoms with Gasteiger partial charge in [0.25, 0.3) is 0 Å². The van der Waals surface area contributed by atoms with Gasteiger partial charge in [-0.3, -0.25) is 9.59 Å². The van der Waals surface area contributed by atoms with Gasteiger partial charge < -0.3 is 15.2 Å². The van der Waals surface area contributed by atoms with Crippen LogP contribution >= 0.6 is 23.1 Å². The first-order valence-corrected chi connectivity index (χ1v) is 9.49. The molecular formula is C16H16N4O3S2. The van der Waals surface area contributed by atoms with Gasteiger partial charge in [-0.05, 0) is 19.1 Å². The average molecular weight is 376 g/mol. The fourth-order valence-electron chi connectivity index (χ4n) is 2.06. The van der Waals surface area contributed by atoms with Crippen molar-refractivity contribution in [2.24, 2.45) is 0 Å². The summed E-state index contributed by atoms with van der Waals surface area (Å²) in [7, 11) is 0. The monoisotopic (exact) mass is 376 g/mol. The molecule has 3 rings (SSSR count). The van der Waals surface area contributed by atoms with Gasteiger partial charge in [-0.1, -0.05) is 17.3 Å². The van der Waals surface area contributed by atoms with Crippen molar-refractivity contribution in [3.63, 3.8) is 0 Å². The third kappa shape index (κ3) is 5.04. The van der Waals surface area contributed by atoms with E-state index < -0.39 is 0 Å². The number of nitrogens with zero attached hydrogens (tertiary/aromatic N) is 2. The van der Waals surface area contributed by atoms with Crippen molar-refractivity contribution in [1.82, 2.24) is 15.5 Å². The fraction of sp³-hybridized carbons (Fsp3) is 0.250. The minimum atomic E-state index is -0.225. The molecule has 0 saturated carbocycles. The van der Waals surface area contributed by atoms with Crippen LogP contribution in [0.5, 0.6) is 0 Å². The highest BCUT2D eigenvalue weighted by atomic mass is 32.2. The number of amides is 2. The van der Waals surface area contributed by atoms with E-state index in [0.717, 1.165) is 15.2 Å². The molecule has 2 amide bonds. The van der Waals surface area contributed by atoms with Crippen molar-refractivity contribution in [2.75, 3.05) is 16.8 Å². The van der Waals surface area contributed by atoms with Gasteiger partial charge in [0.2, 0.25) is 11.8 Å². The maximum atomic E-state index is 11.9. The van der Waals surface area contributed by atoms with Crippen molar-refractivity contribution in [1.29, 1.82) is 0 Å². The molecule has 130 valence electrons. The second-order valence-electron chi connectivity index (χ2n) is 5.22. The van der Waals surface area contributed by atoms with Gasteiger partial charge in [0.05, 0.1) is 28.3 Å². The number of hydrogen-bond acceptors (Lipinski definition) is 7. The molecular weight excluding hydrogens is 360 g/mol. The Morgan fingerprint density at radius 2 is 2.04 bits per heavy atom. The van der Waals surface area contributed by atoms with Gasteiger partial charge in [0.1, 0.15) is 10.8 Å². The number of carbonyl (C=O) groups is 2. The smallest absolute Gasteiger partial charge is 0.235 e. The number of carbonyl (C=O) groups excluding carboxylic acids is 2. The molecule has 0 fully saturated rings. The summed E-state index contributed by atoms with van der Waals surface area (Å²) in [4.78, 5) is 28.0. The van der Waals surface area contributed by atoms with E-state index in [4.69, 9.17) is 4.52 Å². The fourth-order valence-corrected chi connectivity index (χ4v) is 3.62. The van der Waals surface area contributed by atoms with Gasteiger partial charge in [0.15, 0.2) is 5.82 Å². The van der Waals surface area contributed by atoms with Gasteiger partial charge in [-0.25, -0.2) is 4.98 Å². The summed E-state index contributed by atoms with van der Waals surface area (Å²) in [6.07, 6.45) is 0. The lowest BCUT2D eigenvalue weighted by Gasteiger charge is -2.03. The molecule has 2 aromatic heterocycles. The van der Waals surface area contributed by atoms with E-state index in [1.54, 1.807) is 24.3 Å². The molecule has 0 unspecified atom stereocenters. The van der Waals surface area contributed by atoms with E-state index in [0.29, 0.717) is 18.1 Å². The Kier molecular flexibility index (Phi) is 5.67. The molecule has 0 bridgehead atoms. The zero-order valence-electron chi connectivity index (χ0n) is 13.4. The zero-order valence-corrected chi connectivity index (χ0v) is 15.1. The van der Waals surface area contributed by atoms with Crippen molar-refractivity contribution in [2.45, 2.75) is 13.5 Å². The third-order valence-electron chi connectivity index (χ3n) is 3.14. The first-order valence-electron chi connectivity index (χ1n) is 7.52. The molecule has 0 saturated heterocycles. The molecule has 25 heavy (non-hydrogen) atoms. The van der Waals surface area contributed by atoms with Crippen LogP contribution in [0.2, 0.25) is 0 Å². The number of para-hydroxylation sites is 1. The molecule has 2 N–H and O–H groups in total. The Morgan fingerprint density at radius 1 is 1.24 bits per heavy atom. The van der Waals surface area contributed by atoms with E-state index in [1.165, 1.54) is 11.8 Å². The molecule has 3 aromatic rings. The third-order valence-corrected chi connectivity index (χ3v) is 5.11. The summed E-state index contributed by atoms with van der Waals surface area (Å²) in [5.74, 6) is 1.02. The molecule has 0 atom stereocenters. The molecule has 0 radical (unpaired) electrons. The second-order valence-corrected chi connectivity index (χ2v) is 7.32. The van der Waals surface area contributed by atoms with Gasteiger partial charge in [-0.15, -0.1) is 23.1 Å². The quantitative estimate of drug-likeness (QED) is 0.658. The summed E-state index contributed by atoms with van der Waals surface area (Å²) in [6.45, 7) is 2.14. The van der Waals surface area contributed by atoms with Crippen LogP contribution in [0.1, 0.15) is 10.8 Å². The van der Waals surface area contributed by atoms with Gasteiger partial charge in [0, 0.05) is 6.07 Å². The van der Waals surface area contributed by atoms with Crippen LogP contribution in [-0.2, 0) is 16.1 Å². The van der Waals surface area contributed by atoms with Crippen LogP contribution in [0, 0.1) is 6.92 Å². The number of fused-ring (bicyclic) bond motifs is 1. The number of thioether (sulfide) groups is 1. The van der Waals surface area contributed by atoms with E-state index in [-0.39, 0.29) is 23.3 Å². The number of thiazole rings is 1. The zero-order chi connectivity index (χ0) is 17.6. The molecule has 0 aliphatic carbocycles. The standard InChI is InChI=1S/C16H16N4O3S2/c1-10-6-13(20-23-10)19-15(22)9-24-8-14(21)17-7-16-18-11-4-2-3-5-12(11)25-16/h2-6H,7-9H2,1H3,(H,17,21)(H,19,20,22). The topological polar surface area (TPSA) is 97.1 Å². The summed E-state index contributed by atoms with van der Waals surface area (Å²) in [5.41, 5.74) is 0.936. The van der Waals surface area contributed by atoms with Crippen molar-refractivity contribution in [3.8, 4) is 0 Å². The number of hydrogen-bond donors (Lipinski definition) is 2. The Hall–Kier alpha value is -2.39. The number of benzene rings is 1. The second kappa shape index (κ2) is 8.13. The van der Waals surface area contributed by atoms with Crippen LogP contribution in [0.4, 0.5) is 5.82 Å². The van der Waals surface area contributed by atoms with Crippen molar-refractivity contribution >= 4 is 50.9 Å².